The van der Waals surface area contributed by atoms with Gasteiger partial charge in [0.15, 0.2) is 0 Å². The van der Waals surface area contributed by atoms with E-state index in [2.05, 4.69) is 16.7 Å². The monoisotopic (exact) mass is 463 g/mol. The Morgan fingerprint density at radius 1 is 1.19 bits per heavy atom. The van der Waals surface area contributed by atoms with E-state index in [1.54, 1.807) is 0 Å². The van der Waals surface area contributed by atoms with Gasteiger partial charge in [0.05, 0.1) is 17.9 Å². The van der Waals surface area contributed by atoms with Crippen LogP contribution in [-0.2, 0) is 20.8 Å². The van der Waals surface area contributed by atoms with Gasteiger partial charge in [0.1, 0.15) is 12.6 Å². The molecule has 3 aliphatic heterocycles. The van der Waals surface area contributed by atoms with Gasteiger partial charge in [0.2, 0.25) is 5.91 Å². The molecule has 3 atom stereocenters. The van der Waals surface area contributed by atoms with Crippen molar-refractivity contribution in [3.05, 3.63) is 24.0 Å². The van der Waals surface area contributed by atoms with Crippen LogP contribution in [0.1, 0.15) is 63.0 Å². The van der Waals surface area contributed by atoms with Gasteiger partial charge in [-0.25, -0.2) is 4.98 Å². The second-order valence-electron chi connectivity index (χ2n) is 9.01. The topological polar surface area (TPSA) is 79.4 Å². The number of aryl methyl sites for hydroxylation is 1. The highest BCUT2D eigenvalue weighted by Gasteiger charge is 2.39. The summed E-state index contributed by atoms with van der Waals surface area (Å²) in [6.45, 7) is 0.964. The van der Waals surface area contributed by atoms with Gasteiger partial charge in [-0.1, -0.05) is 0 Å². The summed E-state index contributed by atoms with van der Waals surface area (Å²) in [5.41, 5.74) is 7.79. The molecule has 0 radical (unpaired) electrons. The third-order valence-electron chi connectivity index (χ3n) is 6.91. The van der Waals surface area contributed by atoms with Crippen LogP contribution in [0.3, 0.4) is 0 Å². The number of aromatic nitrogens is 2. The number of ether oxygens (including phenoxy) is 2. The zero-order valence-electron chi connectivity index (χ0n) is 17.7. The maximum atomic E-state index is 11.4. The molecule has 3 heterocycles. The number of alkyl halides is 1. The molecule has 168 valence electrons. The maximum Gasteiger partial charge on any atom is 0.219 e. The van der Waals surface area contributed by atoms with E-state index in [4.69, 9.17) is 31.8 Å². The van der Waals surface area contributed by atoms with Crippen LogP contribution < -0.4 is 5.73 Å². The molecule has 0 aromatic heterocycles. The second kappa shape index (κ2) is 9.30. The predicted octanol–water partition coefficient (Wildman–Crippen LogP) is 4.51. The molecule has 2 saturated carbocycles. The molecular formula is C23H30ClN3O3S. The number of rotatable bonds is 6. The number of hydrogen-bond donors (Lipinski definition) is 1. The van der Waals surface area contributed by atoms with Crippen molar-refractivity contribution >= 4 is 29.3 Å². The lowest BCUT2D eigenvalue weighted by atomic mass is 9.83. The Hall–Kier alpha value is -1.28. The standard InChI is InChI=1S/C23H30ClN3O3S/c24-15-4-6-16(7-5-15)31-22-17-2-1-10-27(11-9-20(25)28)23(17)26-21(22)14-3-8-18-19(12-14)30-13-29-18/h1-2,10,14-16,18-19H,3-9,11-13H2,(H2,25,28). The van der Waals surface area contributed by atoms with Gasteiger partial charge >= 0.3 is 0 Å². The van der Waals surface area contributed by atoms with E-state index in [0.29, 0.717) is 36.3 Å². The van der Waals surface area contributed by atoms with E-state index in [9.17, 15) is 4.79 Å². The first kappa shape index (κ1) is 21.6. The van der Waals surface area contributed by atoms with Crippen LogP contribution in [0.5, 0.6) is 0 Å². The molecule has 1 saturated heterocycles. The van der Waals surface area contributed by atoms with Crippen molar-refractivity contribution in [1.29, 1.82) is 0 Å². The summed E-state index contributed by atoms with van der Waals surface area (Å²) >= 11 is 8.34. The van der Waals surface area contributed by atoms with Crippen molar-refractivity contribution in [2.45, 2.75) is 91.6 Å². The highest BCUT2D eigenvalue weighted by Crippen LogP contribution is 2.48. The number of amides is 1. The van der Waals surface area contributed by atoms with E-state index in [1.165, 1.54) is 16.2 Å². The number of carbonyl (C=O) groups excluding carboxylic acids is 1. The first-order valence-corrected chi connectivity index (χ1v) is 12.7. The van der Waals surface area contributed by atoms with Gasteiger partial charge in [-0.2, -0.15) is 0 Å². The fraction of sp³-hybridized carbons (Fsp3) is 0.652. The lowest BCUT2D eigenvalue weighted by Gasteiger charge is -2.30. The summed E-state index contributed by atoms with van der Waals surface area (Å²) in [7, 11) is 0. The summed E-state index contributed by atoms with van der Waals surface area (Å²) in [5, 5.41) is 0.888. The molecule has 6 nitrogen and oxygen atoms in total. The van der Waals surface area contributed by atoms with Crippen LogP contribution in [0.4, 0.5) is 0 Å². The highest BCUT2D eigenvalue weighted by atomic mass is 35.5. The van der Waals surface area contributed by atoms with Crippen LogP contribution in [0.15, 0.2) is 23.2 Å². The minimum atomic E-state index is -0.291. The van der Waals surface area contributed by atoms with Crippen LogP contribution in [-0.4, -0.2) is 45.1 Å². The van der Waals surface area contributed by atoms with E-state index in [-0.39, 0.29) is 18.1 Å². The zero-order chi connectivity index (χ0) is 21.4. The molecule has 2 aliphatic carbocycles. The minimum Gasteiger partial charge on any atom is -0.370 e. The quantitative estimate of drug-likeness (QED) is 0.637. The lowest BCUT2D eigenvalue weighted by Crippen LogP contribution is -2.30. The number of fused-ring (bicyclic) bond motifs is 2. The van der Waals surface area contributed by atoms with Gasteiger partial charge in [0, 0.05) is 46.2 Å². The van der Waals surface area contributed by atoms with Gasteiger partial charge in [0.25, 0.3) is 0 Å². The number of nitrogens with zero attached hydrogens (tertiary/aromatic N) is 2. The molecule has 1 amide bonds. The Morgan fingerprint density at radius 2 is 2.00 bits per heavy atom. The maximum absolute atomic E-state index is 11.4. The third kappa shape index (κ3) is 4.61. The first-order valence-electron chi connectivity index (χ1n) is 11.4. The van der Waals surface area contributed by atoms with Crippen molar-refractivity contribution in [2.24, 2.45) is 5.73 Å². The van der Waals surface area contributed by atoms with Crippen molar-refractivity contribution in [3.63, 3.8) is 0 Å². The van der Waals surface area contributed by atoms with Crippen molar-refractivity contribution in [2.75, 3.05) is 6.79 Å². The second-order valence-corrected chi connectivity index (χ2v) is 10.9. The molecule has 8 heteroatoms. The Morgan fingerprint density at radius 3 is 2.81 bits per heavy atom. The van der Waals surface area contributed by atoms with E-state index in [1.807, 2.05) is 18.0 Å². The summed E-state index contributed by atoms with van der Waals surface area (Å²) in [6.07, 6.45) is 10.2. The average molecular weight is 464 g/mol. The molecular weight excluding hydrogens is 434 g/mol. The van der Waals surface area contributed by atoms with Crippen LogP contribution in [0.2, 0.25) is 0 Å². The highest BCUT2D eigenvalue weighted by molar-refractivity contribution is 8.00. The molecule has 5 aliphatic rings. The Balaban J connectivity index is 1.47. The molecule has 2 N–H and O–H groups in total. The number of hydrogen-bond acceptors (Lipinski definition) is 5. The van der Waals surface area contributed by atoms with Gasteiger partial charge in [-0.05, 0) is 57.1 Å². The summed E-state index contributed by atoms with van der Waals surface area (Å²) < 4.78 is 13.6. The number of halogens is 1. The van der Waals surface area contributed by atoms with Crippen molar-refractivity contribution in [1.82, 2.24) is 9.55 Å². The molecule has 0 aromatic carbocycles. The molecule has 3 fully saturated rings. The van der Waals surface area contributed by atoms with Crippen LogP contribution in [0.25, 0.3) is 11.4 Å². The summed E-state index contributed by atoms with van der Waals surface area (Å²) in [6, 6.07) is 4.22. The fourth-order valence-electron chi connectivity index (χ4n) is 5.20. The number of nitrogens with two attached hydrogens (primary N) is 1. The number of pyridine rings is 1. The number of primary amides is 1. The molecule has 3 unspecified atom stereocenters. The lowest BCUT2D eigenvalue weighted by molar-refractivity contribution is -0.118. The summed E-state index contributed by atoms with van der Waals surface area (Å²) in [5.74, 6) is 1.03. The Bertz CT molecular complexity index is 898. The summed E-state index contributed by atoms with van der Waals surface area (Å²) in [4.78, 5) is 17.9. The largest absolute Gasteiger partial charge is 0.370 e. The van der Waals surface area contributed by atoms with Crippen LogP contribution >= 0.6 is 23.4 Å². The van der Waals surface area contributed by atoms with Crippen LogP contribution in [0, 0.1) is 0 Å². The van der Waals surface area contributed by atoms with Gasteiger partial charge in [-0.15, -0.1) is 23.4 Å². The smallest absolute Gasteiger partial charge is 0.219 e. The zero-order valence-corrected chi connectivity index (χ0v) is 19.2. The number of carbonyl (C=O) groups is 1. The Labute approximate surface area is 192 Å². The van der Waals surface area contributed by atoms with E-state index < -0.39 is 0 Å². The molecule has 31 heavy (non-hydrogen) atoms. The van der Waals surface area contributed by atoms with E-state index >= 15 is 0 Å². The molecule has 0 aromatic rings. The first-order chi connectivity index (χ1) is 15.1. The minimum absolute atomic E-state index is 0.171. The normalized spacial score (nSPS) is 31.1. The molecule has 0 bridgehead atoms. The fourth-order valence-corrected chi connectivity index (χ4v) is 6.91. The van der Waals surface area contributed by atoms with Crippen molar-refractivity contribution in [3.8, 4) is 11.4 Å². The molecule has 5 rings (SSSR count). The van der Waals surface area contributed by atoms with Gasteiger partial charge < -0.3 is 19.8 Å². The molecule has 0 spiro atoms. The van der Waals surface area contributed by atoms with Gasteiger partial charge in [-0.3, -0.25) is 4.79 Å². The number of thioether (sulfide) groups is 1. The van der Waals surface area contributed by atoms with E-state index in [0.717, 1.165) is 50.8 Å². The van der Waals surface area contributed by atoms with Crippen molar-refractivity contribution < 1.29 is 14.3 Å². The SMILES string of the molecule is NC(=O)CCn1cccc2c(SC3CCC(Cl)CC3)c(C3CCC4OCOC4C3)nc1-2. The third-order valence-corrected chi connectivity index (χ3v) is 8.82. The average Bonchev–Trinajstić information content (AvgIpc) is 3.38. The Kier molecular flexibility index (Phi) is 6.47. The predicted molar refractivity (Wildman–Crippen MR) is 122 cm³/mol.